The number of hydrogen-bond acceptors (Lipinski definition) is 2. The highest BCUT2D eigenvalue weighted by Crippen LogP contribution is 2.32. The van der Waals surface area contributed by atoms with Crippen LogP contribution in [0, 0.1) is 17.7 Å². The number of halogens is 3. The van der Waals surface area contributed by atoms with Crippen LogP contribution in [0.25, 0.3) is 0 Å². The highest BCUT2D eigenvalue weighted by molar-refractivity contribution is 6.39. The molecule has 1 aromatic rings. The Bertz CT molecular complexity index is 568. The number of nitrogens with one attached hydrogen (secondary N) is 1. The second-order valence-electron chi connectivity index (χ2n) is 4.97. The molecule has 0 spiro atoms. The van der Waals surface area contributed by atoms with Crippen LogP contribution in [0.1, 0.15) is 6.92 Å². The third-order valence-corrected chi connectivity index (χ3v) is 4.13. The first kappa shape index (κ1) is 15.9. The van der Waals surface area contributed by atoms with Crippen molar-refractivity contribution in [1.29, 1.82) is 0 Å². The molecular weight excluding hydrogens is 322 g/mol. The zero-order chi connectivity index (χ0) is 15.7. The molecule has 1 unspecified atom stereocenters. The van der Waals surface area contributed by atoms with Crippen LogP contribution < -0.4 is 5.32 Å². The lowest BCUT2D eigenvalue weighted by Crippen LogP contribution is -2.54. The fourth-order valence-corrected chi connectivity index (χ4v) is 2.60. The van der Waals surface area contributed by atoms with Crippen molar-refractivity contribution in [3.05, 3.63) is 28.0 Å². The molecule has 2 amide bonds. The molecule has 8 heteroatoms. The minimum absolute atomic E-state index is 0.00401. The molecule has 1 saturated heterocycles. The van der Waals surface area contributed by atoms with Gasteiger partial charge in [-0.05, 0) is 12.1 Å². The number of carboxylic acid groups (broad SMARTS) is 1. The first-order valence-corrected chi connectivity index (χ1v) is 6.98. The molecule has 1 aromatic carbocycles. The summed E-state index contributed by atoms with van der Waals surface area (Å²) in [6, 6.07) is 1.65. The molecular formula is C13H13Cl2FN2O3. The molecule has 1 aliphatic rings. The standard InChI is InChI=1S/C13H13Cl2FN2O3/c1-6(12(19)20)7-4-18(5-7)13(21)17-11-9(14)2-8(16)3-10(11)15/h2-3,6-7H,4-5H2,1H3,(H,17,21)(H,19,20). The van der Waals surface area contributed by atoms with E-state index in [-0.39, 0.29) is 21.7 Å². The number of aliphatic carboxylic acids is 1. The topological polar surface area (TPSA) is 69.6 Å². The lowest BCUT2D eigenvalue weighted by molar-refractivity contribution is -0.144. The van der Waals surface area contributed by atoms with E-state index >= 15 is 0 Å². The van der Waals surface area contributed by atoms with E-state index in [1.807, 2.05) is 0 Å². The Balaban J connectivity index is 1.97. The summed E-state index contributed by atoms with van der Waals surface area (Å²) in [5.74, 6) is -2.06. The number of likely N-dealkylation sites (tertiary alicyclic amines) is 1. The fourth-order valence-electron chi connectivity index (χ4n) is 2.04. The minimum atomic E-state index is -0.885. The summed E-state index contributed by atoms with van der Waals surface area (Å²) >= 11 is 11.7. The highest BCUT2D eigenvalue weighted by Gasteiger charge is 2.37. The van der Waals surface area contributed by atoms with E-state index in [0.29, 0.717) is 13.1 Å². The number of amides is 2. The normalized spacial score (nSPS) is 16.3. The molecule has 1 atom stereocenters. The Kier molecular flexibility index (Phi) is 4.58. The first-order valence-electron chi connectivity index (χ1n) is 6.23. The summed E-state index contributed by atoms with van der Waals surface area (Å²) in [5, 5.41) is 11.4. The van der Waals surface area contributed by atoms with Gasteiger partial charge in [0.25, 0.3) is 0 Å². The van der Waals surface area contributed by atoms with Gasteiger partial charge in [-0.25, -0.2) is 9.18 Å². The molecule has 5 nitrogen and oxygen atoms in total. The monoisotopic (exact) mass is 334 g/mol. The molecule has 1 aliphatic heterocycles. The van der Waals surface area contributed by atoms with Crippen LogP contribution in [-0.2, 0) is 4.79 Å². The number of anilines is 1. The van der Waals surface area contributed by atoms with Gasteiger partial charge in [0.05, 0.1) is 21.7 Å². The third-order valence-electron chi connectivity index (χ3n) is 3.53. The number of nitrogens with zero attached hydrogens (tertiary/aromatic N) is 1. The van der Waals surface area contributed by atoms with Gasteiger partial charge in [0.15, 0.2) is 0 Å². The summed E-state index contributed by atoms with van der Waals surface area (Å²) in [7, 11) is 0. The van der Waals surface area contributed by atoms with Crippen molar-refractivity contribution in [2.24, 2.45) is 11.8 Å². The number of carbonyl (C=O) groups is 2. The van der Waals surface area contributed by atoms with E-state index in [4.69, 9.17) is 28.3 Å². The van der Waals surface area contributed by atoms with Gasteiger partial charge in [-0.1, -0.05) is 30.1 Å². The summed E-state index contributed by atoms with van der Waals surface area (Å²) < 4.78 is 13.0. The summed E-state index contributed by atoms with van der Waals surface area (Å²) in [5.41, 5.74) is 0.138. The summed E-state index contributed by atoms with van der Waals surface area (Å²) in [6.07, 6.45) is 0. The van der Waals surface area contributed by atoms with Gasteiger partial charge >= 0.3 is 12.0 Å². The molecule has 2 N–H and O–H groups in total. The van der Waals surface area contributed by atoms with Gasteiger partial charge in [-0.3, -0.25) is 4.79 Å². The molecule has 0 radical (unpaired) electrons. The summed E-state index contributed by atoms with van der Waals surface area (Å²) in [6.45, 7) is 2.29. The first-order chi connectivity index (χ1) is 9.79. The number of carboxylic acids is 1. The lowest BCUT2D eigenvalue weighted by Gasteiger charge is -2.41. The highest BCUT2D eigenvalue weighted by atomic mass is 35.5. The second kappa shape index (κ2) is 6.07. The van der Waals surface area contributed by atoms with Gasteiger partial charge in [-0.2, -0.15) is 0 Å². The third kappa shape index (κ3) is 3.39. The van der Waals surface area contributed by atoms with Gasteiger partial charge in [-0.15, -0.1) is 0 Å². The Morgan fingerprint density at radius 3 is 2.38 bits per heavy atom. The van der Waals surface area contributed by atoms with Crippen molar-refractivity contribution in [1.82, 2.24) is 4.90 Å². The van der Waals surface area contributed by atoms with Crippen LogP contribution >= 0.6 is 23.2 Å². The zero-order valence-electron chi connectivity index (χ0n) is 11.1. The van der Waals surface area contributed by atoms with Crippen molar-refractivity contribution in [3.8, 4) is 0 Å². The number of urea groups is 1. The minimum Gasteiger partial charge on any atom is -0.481 e. The van der Waals surface area contributed by atoms with Gasteiger partial charge in [0, 0.05) is 19.0 Å². The molecule has 0 aliphatic carbocycles. The smallest absolute Gasteiger partial charge is 0.321 e. The van der Waals surface area contributed by atoms with E-state index in [9.17, 15) is 14.0 Å². The second-order valence-corrected chi connectivity index (χ2v) is 5.78. The molecule has 0 saturated carbocycles. The zero-order valence-corrected chi connectivity index (χ0v) is 12.6. The molecule has 2 rings (SSSR count). The van der Waals surface area contributed by atoms with Crippen LogP contribution in [0.4, 0.5) is 14.9 Å². The largest absolute Gasteiger partial charge is 0.481 e. The Hall–Kier alpha value is -1.53. The summed E-state index contributed by atoms with van der Waals surface area (Å²) in [4.78, 5) is 24.3. The van der Waals surface area contributed by atoms with E-state index < -0.39 is 23.7 Å². The number of benzene rings is 1. The average Bonchev–Trinajstić information content (AvgIpc) is 2.31. The number of rotatable bonds is 3. The van der Waals surface area contributed by atoms with E-state index in [2.05, 4.69) is 5.32 Å². The van der Waals surface area contributed by atoms with Crippen molar-refractivity contribution in [3.63, 3.8) is 0 Å². The van der Waals surface area contributed by atoms with Crippen LogP contribution in [0.3, 0.4) is 0 Å². The van der Waals surface area contributed by atoms with Crippen LogP contribution in [0.5, 0.6) is 0 Å². The Labute approximate surface area is 130 Å². The average molecular weight is 335 g/mol. The van der Waals surface area contributed by atoms with E-state index in [1.165, 1.54) is 4.90 Å². The van der Waals surface area contributed by atoms with Crippen LogP contribution in [-0.4, -0.2) is 35.1 Å². The fraction of sp³-hybridized carbons (Fsp3) is 0.385. The molecule has 114 valence electrons. The molecule has 0 aromatic heterocycles. The van der Waals surface area contributed by atoms with Crippen LogP contribution in [0.2, 0.25) is 10.0 Å². The van der Waals surface area contributed by atoms with Crippen LogP contribution in [0.15, 0.2) is 12.1 Å². The van der Waals surface area contributed by atoms with Crippen molar-refractivity contribution in [2.45, 2.75) is 6.92 Å². The predicted octanol–water partition coefficient (Wildman–Crippen LogP) is 3.32. The Morgan fingerprint density at radius 1 is 1.38 bits per heavy atom. The van der Waals surface area contributed by atoms with Crippen molar-refractivity contribution >= 4 is 40.9 Å². The van der Waals surface area contributed by atoms with E-state index in [1.54, 1.807) is 6.92 Å². The predicted molar refractivity (Wildman–Crippen MR) is 77.3 cm³/mol. The van der Waals surface area contributed by atoms with E-state index in [0.717, 1.165) is 12.1 Å². The molecule has 1 fully saturated rings. The molecule has 1 heterocycles. The SMILES string of the molecule is CC(C(=O)O)C1CN(C(=O)Nc2c(Cl)cc(F)cc2Cl)C1. The van der Waals surface area contributed by atoms with Crippen molar-refractivity contribution < 1.29 is 19.1 Å². The van der Waals surface area contributed by atoms with Gasteiger partial charge in [0.1, 0.15) is 5.82 Å². The lowest BCUT2D eigenvalue weighted by atomic mass is 9.87. The number of hydrogen-bond donors (Lipinski definition) is 2. The maximum Gasteiger partial charge on any atom is 0.321 e. The van der Waals surface area contributed by atoms with Crippen molar-refractivity contribution in [2.75, 3.05) is 18.4 Å². The molecule has 21 heavy (non-hydrogen) atoms. The molecule has 0 bridgehead atoms. The Morgan fingerprint density at radius 2 is 1.90 bits per heavy atom. The number of carbonyl (C=O) groups excluding carboxylic acids is 1. The maximum atomic E-state index is 13.0. The maximum absolute atomic E-state index is 13.0. The quantitative estimate of drug-likeness (QED) is 0.890. The van der Waals surface area contributed by atoms with Gasteiger partial charge in [0.2, 0.25) is 0 Å². The van der Waals surface area contributed by atoms with Gasteiger partial charge < -0.3 is 15.3 Å².